The third-order valence-electron chi connectivity index (χ3n) is 7.09. The van der Waals surface area contributed by atoms with Crippen molar-refractivity contribution in [2.24, 2.45) is 11.8 Å². The predicted molar refractivity (Wildman–Crippen MR) is 122 cm³/mol. The van der Waals surface area contributed by atoms with Crippen molar-refractivity contribution in [3.63, 3.8) is 0 Å². The predicted octanol–water partition coefficient (Wildman–Crippen LogP) is 4.29. The van der Waals surface area contributed by atoms with Crippen LogP contribution in [0.25, 0.3) is 6.08 Å². The summed E-state index contributed by atoms with van der Waals surface area (Å²) in [5.74, 6) is -2.14. The van der Waals surface area contributed by atoms with Gasteiger partial charge in [0, 0.05) is 6.20 Å². The maximum atomic E-state index is 13.9. The molecule has 0 bridgehead atoms. The third kappa shape index (κ3) is 2.70. The molecule has 2 aromatic carbocycles. The number of hydrogen-bond acceptors (Lipinski definition) is 5. The number of Topliss-reactive ketones (excluding diaryl/α,β-unsaturated/α-hetero) is 1. The van der Waals surface area contributed by atoms with Crippen LogP contribution in [0.2, 0.25) is 0 Å². The van der Waals surface area contributed by atoms with Gasteiger partial charge in [0.15, 0.2) is 5.76 Å². The van der Waals surface area contributed by atoms with Gasteiger partial charge in [-0.25, -0.2) is 4.90 Å². The maximum Gasteiger partial charge on any atom is 0.240 e. The molecule has 2 amide bonds. The van der Waals surface area contributed by atoms with Crippen molar-refractivity contribution in [3.8, 4) is 0 Å². The number of fused-ring (bicyclic) bond motifs is 5. The lowest BCUT2D eigenvalue weighted by molar-refractivity contribution is -0.123. The molecule has 4 atom stereocenters. The second-order valence-corrected chi connectivity index (χ2v) is 8.98. The summed E-state index contributed by atoms with van der Waals surface area (Å²) in [4.78, 5) is 44.5. The highest BCUT2D eigenvalue weighted by Gasteiger charge is 2.64. The van der Waals surface area contributed by atoms with Crippen molar-refractivity contribution < 1.29 is 18.8 Å². The van der Waals surface area contributed by atoms with Gasteiger partial charge in [0.2, 0.25) is 17.6 Å². The fourth-order valence-corrected chi connectivity index (χ4v) is 5.72. The number of nitrogens with zero attached hydrogens (tertiary/aromatic N) is 2. The second kappa shape index (κ2) is 7.04. The molecule has 2 saturated heterocycles. The number of ketones is 1. The van der Waals surface area contributed by atoms with E-state index in [1.165, 1.54) is 11.2 Å². The summed E-state index contributed by atoms with van der Waals surface area (Å²) in [6.07, 6.45) is 5.23. The molecule has 0 radical (unpaired) electrons. The van der Waals surface area contributed by atoms with Crippen LogP contribution >= 0.6 is 0 Å². The maximum absolute atomic E-state index is 13.9. The minimum atomic E-state index is -0.817. The van der Waals surface area contributed by atoms with Crippen LogP contribution in [0.4, 0.5) is 5.69 Å². The Morgan fingerprint density at radius 3 is 2.48 bits per heavy atom. The van der Waals surface area contributed by atoms with Crippen LogP contribution in [0.1, 0.15) is 38.9 Å². The smallest absolute Gasteiger partial charge is 0.240 e. The van der Waals surface area contributed by atoms with Gasteiger partial charge < -0.3 is 9.32 Å². The molecular formula is C27H22N2O4. The summed E-state index contributed by atoms with van der Waals surface area (Å²) in [5.41, 5.74) is 4.44. The molecule has 3 aliphatic heterocycles. The highest BCUT2D eigenvalue weighted by molar-refractivity contribution is 6.24. The van der Waals surface area contributed by atoms with E-state index in [9.17, 15) is 14.4 Å². The summed E-state index contributed by atoms with van der Waals surface area (Å²) >= 11 is 0. The van der Waals surface area contributed by atoms with E-state index < -0.39 is 23.9 Å². The van der Waals surface area contributed by atoms with Gasteiger partial charge in [0.05, 0.1) is 29.8 Å². The molecule has 6 nitrogen and oxygen atoms in total. The van der Waals surface area contributed by atoms with Crippen LogP contribution in [-0.2, 0) is 9.59 Å². The molecule has 3 aliphatic rings. The topological polar surface area (TPSA) is 70.8 Å². The number of hydrogen-bond donors (Lipinski definition) is 0. The van der Waals surface area contributed by atoms with Crippen LogP contribution in [0, 0.1) is 25.7 Å². The van der Waals surface area contributed by atoms with E-state index in [-0.39, 0.29) is 23.4 Å². The lowest BCUT2D eigenvalue weighted by atomic mass is 9.84. The van der Waals surface area contributed by atoms with E-state index in [0.717, 1.165) is 22.3 Å². The van der Waals surface area contributed by atoms with Crippen LogP contribution < -0.4 is 4.90 Å². The first-order valence-electron chi connectivity index (χ1n) is 11.0. The number of benzene rings is 2. The zero-order valence-electron chi connectivity index (χ0n) is 18.3. The van der Waals surface area contributed by atoms with Crippen molar-refractivity contribution >= 4 is 29.4 Å². The van der Waals surface area contributed by atoms with Crippen molar-refractivity contribution in [1.29, 1.82) is 0 Å². The Bertz CT molecular complexity index is 1340. The van der Waals surface area contributed by atoms with Crippen LogP contribution in [0.3, 0.4) is 0 Å². The Kier molecular flexibility index (Phi) is 4.21. The van der Waals surface area contributed by atoms with Crippen LogP contribution in [0.15, 0.2) is 71.5 Å². The SMILES string of the molecule is Cc1ccc(N2C(=O)[C@@H]3[C@H](C2=O)C2c4ccccc4C=CN2[C@@H]3C(=O)c2ccco2)c(C)c1. The summed E-state index contributed by atoms with van der Waals surface area (Å²) < 4.78 is 5.40. The van der Waals surface area contributed by atoms with E-state index in [0.29, 0.717) is 5.69 Å². The molecule has 0 aliphatic carbocycles. The van der Waals surface area contributed by atoms with Gasteiger partial charge in [-0.2, -0.15) is 0 Å². The molecule has 164 valence electrons. The minimum absolute atomic E-state index is 0.192. The number of amides is 2. The quantitative estimate of drug-likeness (QED) is 0.451. The summed E-state index contributed by atoms with van der Waals surface area (Å²) in [7, 11) is 0. The number of aryl methyl sites for hydroxylation is 2. The van der Waals surface area contributed by atoms with Gasteiger partial charge in [-0.1, -0.05) is 42.0 Å². The first-order chi connectivity index (χ1) is 16.0. The largest absolute Gasteiger partial charge is 0.461 e. The molecule has 3 aromatic rings. The number of carbonyl (C=O) groups excluding carboxylic acids is 3. The third-order valence-corrected chi connectivity index (χ3v) is 7.09. The zero-order chi connectivity index (χ0) is 22.9. The fraction of sp³-hybridized carbons (Fsp3) is 0.222. The van der Waals surface area contributed by atoms with Gasteiger partial charge >= 0.3 is 0 Å². The summed E-state index contributed by atoms with van der Waals surface area (Å²) in [6.45, 7) is 3.87. The molecule has 6 heteroatoms. The minimum Gasteiger partial charge on any atom is -0.461 e. The fourth-order valence-electron chi connectivity index (χ4n) is 5.72. The number of carbonyl (C=O) groups is 3. The van der Waals surface area contributed by atoms with Crippen LogP contribution in [0.5, 0.6) is 0 Å². The average molecular weight is 438 g/mol. The number of furan rings is 1. The van der Waals surface area contributed by atoms with E-state index in [4.69, 9.17) is 4.42 Å². The van der Waals surface area contributed by atoms with E-state index in [1.807, 2.05) is 73.5 Å². The number of anilines is 1. The molecule has 0 spiro atoms. The standard InChI is InChI=1S/C27H22N2O4/c1-15-9-10-19(16(2)14-15)29-26(31)21-22(27(29)32)24(25(30)20-8-5-13-33-20)28-12-11-17-6-3-4-7-18(17)23(21)28/h3-14,21-24H,1-2H3/t21-,22+,23?,24-/m0/s1. The van der Waals surface area contributed by atoms with Gasteiger partial charge in [-0.3, -0.25) is 14.4 Å². The Labute approximate surface area is 191 Å². The van der Waals surface area contributed by atoms with Gasteiger partial charge in [0.25, 0.3) is 0 Å². The molecular weight excluding hydrogens is 416 g/mol. The van der Waals surface area contributed by atoms with Crippen molar-refractivity contribution in [2.75, 3.05) is 4.90 Å². The Morgan fingerprint density at radius 2 is 1.73 bits per heavy atom. The van der Waals surface area contributed by atoms with Gasteiger partial charge in [-0.05, 0) is 54.8 Å². The number of imide groups is 1. The first-order valence-corrected chi connectivity index (χ1v) is 11.0. The van der Waals surface area contributed by atoms with Gasteiger partial charge in [0.1, 0.15) is 6.04 Å². The highest BCUT2D eigenvalue weighted by Crippen LogP contribution is 2.53. The van der Waals surface area contributed by atoms with E-state index in [1.54, 1.807) is 12.1 Å². The Morgan fingerprint density at radius 1 is 0.939 bits per heavy atom. The second-order valence-electron chi connectivity index (χ2n) is 8.98. The lowest BCUT2D eigenvalue weighted by Crippen LogP contribution is -2.44. The molecule has 4 heterocycles. The van der Waals surface area contributed by atoms with Gasteiger partial charge in [-0.15, -0.1) is 0 Å². The zero-order valence-corrected chi connectivity index (χ0v) is 18.3. The van der Waals surface area contributed by atoms with Crippen LogP contribution in [-0.4, -0.2) is 28.5 Å². The molecule has 1 unspecified atom stereocenters. The molecule has 33 heavy (non-hydrogen) atoms. The molecule has 2 fully saturated rings. The molecule has 0 N–H and O–H groups in total. The number of rotatable bonds is 3. The van der Waals surface area contributed by atoms with E-state index in [2.05, 4.69) is 0 Å². The van der Waals surface area contributed by atoms with Crippen molar-refractivity contribution in [2.45, 2.75) is 25.9 Å². The monoisotopic (exact) mass is 438 g/mol. The highest BCUT2D eigenvalue weighted by atomic mass is 16.3. The average Bonchev–Trinajstić information content (AvgIpc) is 3.51. The lowest BCUT2D eigenvalue weighted by Gasteiger charge is -2.35. The molecule has 0 saturated carbocycles. The normalized spacial score (nSPS) is 25.3. The van der Waals surface area contributed by atoms with Crippen molar-refractivity contribution in [3.05, 3.63) is 95.1 Å². The summed E-state index contributed by atoms with van der Waals surface area (Å²) in [5, 5.41) is 0. The first kappa shape index (κ1) is 19.7. The molecule has 6 rings (SSSR count). The summed E-state index contributed by atoms with van der Waals surface area (Å²) in [6, 6.07) is 15.6. The van der Waals surface area contributed by atoms with Crippen molar-refractivity contribution in [1.82, 2.24) is 4.90 Å². The molecule has 1 aromatic heterocycles. The van der Waals surface area contributed by atoms with E-state index >= 15 is 0 Å². The Balaban J connectivity index is 1.51. The Hall–Kier alpha value is -3.93.